The highest BCUT2D eigenvalue weighted by Gasteiger charge is 2.33. The van der Waals surface area contributed by atoms with Crippen LogP contribution in [-0.4, -0.2) is 30.1 Å². The molecule has 1 aliphatic rings. The number of aryl methyl sites for hydroxylation is 1. The van der Waals surface area contributed by atoms with Gasteiger partial charge in [-0.15, -0.1) is 0 Å². The van der Waals surface area contributed by atoms with E-state index < -0.39 is 5.97 Å². The summed E-state index contributed by atoms with van der Waals surface area (Å²) in [6.45, 7) is 2.28. The summed E-state index contributed by atoms with van der Waals surface area (Å²) in [5, 5.41) is 11.1. The van der Waals surface area contributed by atoms with Crippen LogP contribution in [0.5, 0.6) is 0 Å². The summed E-state index contributed by atoms with van der Waals surface area (Å²) >= 11 is 0. The molecule has 1 aromatic carbocycles. The van der Waals surface area contributed by atoms with E-state index in [2.05, 4.69) is 5.32 Å². The van der Waals surface area contributed by atoms with Crippen LogP contribution in [0.15, 0.2) is 24.3 Å². The molecule has 20 heavy (non-hydrogen) atoms. The zero-order valence-corrected chi connectivity index (χ0v) is 11.5. The molecule has 2 rings (SSSR count). The Hall–Kier alpha value is -1.88. The van der Waals surface area contributed by atoms with E-state index in [1.54, 1.807) is 0 Å². The van der Waals surface area contributed by atoms with Gasteiger partial charge in [0.05, 0.1) is 12.0 Å². The molecule has 0 spiro atoms. The van der Waals surface area contributed by atoms with Crippen molar-refractivity contribution < 1.29 is 19.4 Å². The normalized spacial score (nSPS) is 22.2. The van der Waals surface area contributed by atoms with E-state index in [4.69, 9.17) is 9.84 Å². The molecule has 0 saturated carbocycles. The number of carbonyl (C=O) groups excluding carboxylic acids is 1. The first kappa shape index (κ1) is 14.5. The molecule has 1 fully saturated rings. The zero-order chi connectivity index (χ0) is 14.5. The minimum Gasteiger partial charge on any atom is -0.480 e. The number of rotatable bonds is 4. The monoisotopic (exact) mass is 277 g/mol. The second kappa shape index (κ2) is 6.52. The number of amides is 1. The number of nitrogens with one attached hydrogen (secondary N) is 1. The molecule has 1 heterocycles. The van der Waals surface area contributed by atoms with Crippen LogP contribution in [0.1, 0.15) is 30.1 Å². The minimum atomic E-state index is -1.04. The molecule has 0 radical (unpaired) electrons. The van der Waals surface area contributed by atoms with E-state index >= 15 is 0 Å². The maximum atomic E-state index is 12.1. The fourth-order valence-electron chi connectivity index (χ4n) is 2.43. The highest BCUT2D eigenvalue weighted by atomic mass is 16.5. The number of carboxylic acid groups (broad SMARTS) is 1. The van der Waals surface area contributed by atoms with Crippen LogP contribution < -0.4 is 5.32 Å². The highest BCUT2D eigenvalue weighted by molar-refractivity contribution is 5.83. The summed E-state index contributed by atoms with van der Waals surface area (Å²) < 4.78 is 5.74. The lowest BCUT2D eigenvalue weighted by Gasteiger charge is -2.31. The van der Waals surface area contributed by atoms with E-state index in [1.165, 1.54) is 0 Å². The SMILES string of the molecule is Cc1ccc([C@@H]2OCCC[C@H]2C(=O)NCC(=O)O)cc1. The maximum absolute atomic E-state index is 12.1. The van der Waals surface area contributed by atoms with Gasteiger partial charge in [-0.05, 0) is 25.3 Å². The molecule has 1 amide bonds. The Morgan fingerprint density at radius 3 is 2.70 bits per heavy atom. The van der Waals surface area contributed by atoms with Gasteiger partial charge in [0.2, 0.25) is 5.91 Å². The van der Waals surface area contributed by atoms with Crippen LogP contribution in [-0.2, 0) is 14.3 Å². The van der Waals surface area contributed by atoms with Crippen molar-refractivity contribution in [3.05, 3.63) is 35.4 Å². The largest absolute Gasteiger partial charge is 0.480 e. The lowest BCUT2D eigenvalue weighted by atomic mass is 9.88. The molecule has 108 valence electrons. The summed E-state index contributed by atoms with van der Waals surface area (Å²) in [7, 11) is 0. The van der Waals surface area contributed by atoms with Crippen LogP contribution >= 0.6 is 0 Å². The van der Waals surface area contributed by atoms with Crippen LogP contribution in [0.3, 0.4) is 0 Å². The van der Waals surface area contributed by atoms with Crippen molar-refractivity contribution in [2.45, 2.75) is 25.9 Å². The average molecular weight is 277 g/mol. The third kappa shape index (κ3) is 3.57. The maximum Gasteiger partial charge on any atom is 0.322 e. The molecule has 0 bridgehead atoms. The van der Waals surface area contributed by atoms with Crippen molar-refractivity contribution in [2.24, 2.45) is 5.92 Å². The number of aliphatic carboxylic acids is 1. The molecule has 5 heteroatoms. The third-order valence-electron chi connectivity index (χ3n) is 3.48. The smallest absolute Gasteiger partial charge is 0.322 e. The van der Waals surface area contributed by atoms with Crippen LogP contribution in [0.25, 0.3) is 0 Å². The van der Waals surface area contributed by atoms with Crippen molar-refractivity contribution >= 4 is 11.9 Å². The molecule has 0 aromatic heterocycles. The van der Waals surface area contributed by atoms with Gasteiger partial charge in [-0.1, -0.05) is 29.8 Å². The summed E-state index contributed by atoms with van der Waals surface area (Å²) in [6.07, 6.45) is 1.23. The van der Waals surface area contributed by atoms with Gasteiger partial charge in [-0.25, -0.2) is 0 Å². The van der Waals surface area contributed by atoms with Gasteiger partial charge in [0.25, 0.3) is 0 Å². The predicted octanol–water partition coefficient (Wildman–Crippen LogP) is 1.66. The second-order valence-corrected chi connectivity index (χ2v) is 5.06. The minimum absolute atomic E-state index is 0.252. The molecule has 5 nitrogen and oxygen atoms in total. The zero-order valence-electron chi connectivity index (χ0n) is 11.5. The van der Waals surface area contributed by atoms with Gasteiger partial charge in [-0.2, -0.15) is 0 Å². The molecule has 1 aromatic rings. The predicted molar refractivity (Wildman–Crippen MR) is 73.2 cm³/mol. The van der Waals surface area contributed by atoms with Crippen molar-refractivity contribution in [3.8, 4) is 0 Å². The van der Waals surface area contributed by atoms with Crippen LogP contribution in [0.4, 0.5) is 0 Å². The van der Waals surface area contributed by atoms with Crippen molar-refractivity contribution in [1.29, 1.82) is 0 Å². The van der Waals surface area contributed by atoms with Gasteiger partial charge < -0.3 is 15.2 Å². The van der Waals surface area contributed by atoms with Crippen LogP contribution in [0, 0.1) is 12.8 Å². The lowest BCUT2D eigenvalue weighted by Crippen LogP contribution is -2.39. The summed E-state index contributed by atoms with van der Waals surface area (Å²) in [5.41, 5.74) is 2.11. The molecule has 1 saturated heterocycles. The Kier molecular flexibility index (Phi) is 4.74. The van der Waals surface area contributed by atoms with E-state index in [1.807, 2.05) is 31.2 Å². The Morgan fingerprint density at radius 2 is 2.05 bits per heavy atom. The summed E-state index contributed by atoms with van der Waals surface area (Å²) in [4.78, 5) is 22.6. The fourth-order valence-corrected chi connectivity index (χ4v) is 2.43. The van der Waals surface area contributed by atoms with E-state index in [0.717, 1.165) is 17.5 Å². The average Bonchev–Trinajstić information content (AvgIpc) is 2.45. The highest BCUT2D eigenvalue weighted by Crippen LogP contribution is 2.33. The van der Waals surface area contributed by atoms with E-state index in [9.17, 15) is 9.59 Å². The number of ether oxygens (including phenoxy) is 1. The number of hydrogen-bond donors (Lipinski definition) is 2. The van der Waals surface area contributed by atoms with Crippen LogP contribution in [0.2, 0.25) is 0 Å². The van der Waals surface area contributed by atoms with Crippen molar-refractivity contribution in [1.82, 2.24) is 5.32 Å². The Balaban J connectivity index is 2.10. The first-order chi connectivity index (χ1) is 9.58. The Morgan fingerprint density at radius 1 is 1.35 bits per heavy atom. The molecule has 2 atom stereocenters. The lowest BCUT2D eigenvalue weighted by molar-refractivity contribution is -0.141. The molecule has 2 N–H and O–H groups in total. The fraction of sp³-hybridized carbons (Fsp3) is 0.467. The molecule has 0 unspecified atom stereocenters. The van der Waals surface area contributed by atoms with Gasteiger partial charge in [0.15, 0.2) is 0 Å². The Bertz CT molecular complexity index is 483. The quantitative estimate of drug-likeness (QED) is 0.877. The van der Waals surface area contributed by atoms with E-state index in [-0.39, 0.29) is 24.5 Å². The molecular formula is C15H19NO4. The second-order valence-electron chi connectivity index (χ2n) is 5.06. The van der Waals surface area contributed by atoms with Gasteiger partial charge in [0, 0.05) is 6.61 Å². The molecule has 0 aliphatic carbocycles. The number of benzene rings is 1. The van der Waals surface area contributed by atoms with Crippen molar-refractivity contribution in [2.75, 3.05) is 13.2 Å². The molecule has 1 aliphatic heterocycles. The first-order valence-corrected chi connectivity index (χ1v) is 6.75. The number of carbonyl (C=O) groups is 2. The summed E-state index contributed by atoms with van der Waals surface area (Å²) in [5.74, 6) is -1.62. The van der Waals surface area contributed by atoms with Gasteiger partial charge in [-0.3, -0.25) is 9.59 Å². The van der Waals surface area contributed by atoms with Gasteiger partial charge >= 0.3 is 5.97 Å². The van der Waals surface area contributed by atoms with E-state index in [0.29, 0.717) is 13.0 Å². The number of hydrogen-bond acceptors (Lipinski definition) is 3. The van der Waals surface area contributed by atoms with Gasteiger partial charge in [0.1, 0.15) is 6.54 Å². The number of carboxylic acids is 1. The summed E-state index contributed by atoms with van der Waals surface area (Å²) in [6, 6.07) is 7.89. The Labute approximate surface area is 117 Å². The standard InChI is InChI=1S/C15H19NO4/c1-10-4-6-11(7-5-10)14-12(3-2-8-20-14)15(19)16-9-13(17)18/h4-7,12,14H,2-3,8-9H2,1H3,(H,16,19)(H,17,18)/t12-,14+/m1/s1. The molecular weight excluding hydrogens is 258 g/mol. The first-order valence-electron chi connectivity index (χ1n) is 6.75. The van der Waals surface area contributed by atoms with Crippen molar-refractivity contribution in [3.63, 3.8) is 0 Å². The third-order valence-corrected chi connectivity index (χ3v) is 3.48. The topological polar surface area (TPSA) is 75.6 Å².